The van der Waals surface area contributed by atoms with Crippen molar-refractivity contribution in [1.29, 1.82) is 10.5 Å². The van der Waals surface area contributed by atoms with Crippen LogP contribution in [-0.2, 0) is 4.79 Å². The summed E-state index contributed by atoms with van der Waals surface area (Å²) in [6.45, 7) is 4.08. The van der Waals surface area contributed by atoms with Crippen molar-refractivity contribution >= 4 is 23.6 Å². The Labute approximate surface area is 175 Å². The largest absolute Gasteiger partial charge is 0.369 e. The SMILES string of the molecule is CC1CC(C2(C#N)CC2)=CC=C1[C@@H]1C(=O)N(C)C(N)=N[C@]1(C)C1=CCC(C#N)S1. The number of thioether (sulfide) groups is 1. The van der Waals surface area contributed by atoms with E-state index in [2.05, 4.69) is 25.1 Å². The van der Waals surface area contributed by atoms with Crippen LogP contribution in [0.1, 0.15) is 39.5 Å². The van der Waals surface area contributed by atoms with Gasteiger partial charge in [-0.2, -0.15) is 10.5 Å². The van der Waals surface area contributed by atoms with Crippen LogP contribution in [0.2, 0.25) is 0 Å². The van der Waals surface area contributed by atoms with Crippen molar-refractivity contribution in [2.45, 2.75) is 50.3 Å². The molecule has 0 aromatic carbocycles. The van der Waals surface area contributed by atoms with Crippen LogP contribution in [0.15, 0.2) is 39.3 Å². The minimum absolute atomic E-state index is 0.0710. The molecule has 2 N–H and O–H groups in total. The number of nitriles is 2. The summed E-state index contributed by atoms with van der Waals surface area (Å²) in [5.74, 6) is -0.201. The lowest BCUT2D eigenvalue weighted by Crippen LogP contribution is -2.56. The summed E-state index contributed by atoms with van der Waals surface area (Å²) in [7, 11) is 1.66. The van der Waals surface area contributed by atoms with Crippen LogP contribution in [0.25, 0.3) is 0 Å². The van der Waals surface area contributed by atoms with E-state index >= 15 is 0 Å². The van der Waals surface area contributed by atoms with Crippen molar-refractivity contribution in [2.75, 3.05) is 7.05 Å². The Kier molecular flexibility index (Phi) is 4.63. The molecule has 29 heavy (non-hydrogen) atoms. The van der Waals surface area contributed by atoms with E-state index in [0.29, 0.717) is 6.42 Å². The molecule has 1 fully saturated rings. The van der Waals surface area contributed by atoms with Crippen molar-refractivity contribution in [3.05, 3.63) is 34.3 Å². The van der Waals surface area contributed by atoms with Crippen molar-refractivity contribution in [3.8, 4) is 12.1 Å². The van der Waals surface area contributed by atoms with Crippen molar-refractivity contribution in [1.82, 2.24) is 4.90 Å². The molecule has 4 rings (SSSR count). The topological polar surface area (TPSA) is 106 Å². The molecule has 1 amide bonds. The summed E-state index contributed by atoms with van der Waals surface area (Å²) in [5.41, 5.74) is 7.19. The number of allylic oxidation sites excluding steroid dienone is 4. The molecular formula is C22H25N5OS. The van der Waals surface area contributed by atoms with Gasteiger partial charge < -0.3 is 5.73 Å². The Hall–Kier alpha value is -2.51. The Morgan fingerprint density at radius 1 is 1.34 bits per heavy atom. The maximum absolute atomic E-state index is 13.4. The average molecular weight is 408 g/mol. The maximum atomic E-state index is 13.4. The van der Waals surface area contributed by atoms with Gasteiger partial charge in [-0.3, -0.25) is 9.69 Å². The van der Waals surface area contributed by atoms with Gasteiger partial charge in [-0.05, 0) is 44.1 Å². The average Bonchev–Trinajstić information content (AvgIpc) is 3.35. The van der Waals surface area contributed by atoms with E-state index in [1.807, 2.05) is 19.1 Å². The highest BCUT2D eigenvalue weighted by molar-refractivity contribution is 8.04. The fourth-order valence-corrected chi connectivity index (χ4v) is 5.85. The quantitative estimate of drug-likeness (QED) is 0.773. The Balaban J connectivity index is 1.77. The third kappa shape index (κ3) is 3.00. The van der Waals surface area contributed by atoms with Crippen LogP contribution >= 0.6 is 11.8 Å². The Bertz CT molecular complexity index is 974. The molecule has 4 aliphatic rings. The zero-order valence-corrected chi connectivity index (χ0v) is 17.8. The first-order valence-corrected chi connectivity index (χ1v) is 10.9. The van der Waals surface area contributed by atoms with E-state index < -0.39 is 11.5 Å². The molecule has 0 saturated heterocycles. The first-order valence-electron chi connectivity index (χ1n) is 9.98. The smallest absolute Gasteiger partial charge is 0.239 e. The standard InChI is InChI=1S/C22H25N5OS/c1-13-10-14(22(12-24)8-9-22)4-6-16(13)18-19(28)27(3)20(25)26-21(18,2)17-7-5-15(11-23)29-17/h4,6-7,13,15,18H,5,8-10H2,1-3H3,(H2,25,26)/t13?,15?,18-,21-/m1/s1. The maximum Gasteiger partial charge on any atom is 0.239 e. The van der Waals surface area contributed by atoms with Gasteiger partial charge in [-0.15, -0.1) is 11.8 Å². The molecule has 2 aliphatic carbocycles. The van der Waals surface area contributed by atoms with Gasteiger partial charge in [0.1, 0.15) is 5.54 Å². The second-order valence-electron chi connectivity index (χ2n) is 8.65. The number of guanidine groups is 1. The van der Waals surface area contributed by atoms with Crippen LogP contribution in [0.4, 0.5) is 0 Å². The lowest BCUT2D eigenvalue weighted by atomic mass is 9.70. The van der Waals surface area contributed by atoms with E-state index in [9.17, 15) is 15.3 Å². The number of rotatable bonds is 3. The van der Waals surface area contributed by atoms with Crippen LogP contribution in [0.3, 0.4) is 0 Å². The van der Waals surface area contributed by atoms with Crippen molar-refractivity contribution in [3.63, 3.8) is 0 Å². The van der Waals surface area contributed by atoms with Gasteiger partial charge in [-0.25, -0.2) is 4.99 Å². The molecule has 150 valence electrons. The minimum Gasteiger partial charge on any atom is -0.369 e. The highest BCUT2D eigenvalue weighted by atomic mass is 32.2. The fourth-order valence-electron chi connectivity index (χ4n) is 4.70. The molecule has 2 unspecified atom stereocenters. The highest BCUT2D eigenvalue weighted by Gasteiger charge is 2.53. The van der Waals surface area contributed by atoms with Crippen molar-refractivity contribution < 1.29 is 4.79 Å². The molecule has 0 radical (unpaired) electrons. The van der Waals surface area contributed by atoms with E-state index in [0.717, 1.165) is 29.7 Å². The number of carbonyl (C=O) groups is 1. The number of nitrogens with zero attached hydrogens (tertiary/aromatic N) is 4. The number of amides is 1. The third-order valence-electron chi connectivity index (χ3n) is 6.74. The monoisotopic (exact) mass is 407 g/mol. The van der Waals surface area contributed by atoms with Gasteiger partial charge in [0.25, 0.3) is 0 Å². The molecule has 4 atom stereocenters. The Morgan fingerprint density at radius 2 is 2.07 bits per heavy atom. The highest BCUT2D eigenvalue weighted by Crippen LogP contribution is 2.56. The number of carbonyl (C=O) groups excluding carboxylic acids is 1. The fraction of sp³-hybridized carbons (Fsp3) is 0.545. The summed E-state index contributed by atoms with van der Waals surface area (Å²) >= 11 is 1.49. The molecule has 1 saturated carbocycles. The second-order valence-corrected chi connectivity index (χ2v) is 9.89. The molecule has 2 aliphatic heterocycles. The summed E-state index contributed by atoms with van der Waals surface area (Å²) in [5, 5.41) is 18.7. The van der Waals surface area contributed by atoms with Gasteiger partial charge >= 0.3 is 0 Å². The van der Waals surface area contributed by atoms with Gasteiger partial charge in [0.05, 0.1) is 28.7 Å². The summed E-state index contributed by atoms with van der Waals surface area (Å²) in [4.78, 5) is 20.5. The first-order chi connectivity index (χ1) is 13.8. The molecule has 6 nitrogen and oxygen atoms in total. The number of aliphatic imine (C=N–C) groups is 1. The number of hydrogen-bond acceptors (Lipinski definition) is 6. The number of hydrogen-bond donors (Lipinski definition) is 1. The Morgan fingerprint density at radius 3 is 2.62 bits per heavy atom. The third-order valence-corrected chi connectivity index (χ3v) is 8.16. The van der Waals surface area contributed by atoms with E-state index in [1.54, 1.807) is 7.05 Å². The minimum atomic E-state index is -0.818. The van der Waals surface area contributed by atoms with Crippen LogP contribution in [0, 0.1) is 39.9 Å². The van der Waals surface area contributed by atoms with E-state index in [1.165, 1.54) is 22.2 Å². The van der Waals surface area contributed by atoms with Gasteiger partial charge in [0, 0.05) is 12.0 Å². The van der Waals surface area contributed by atoms with Crippen molar-refractivity contribution in [2.24, 2.45) is 28.0 Å². The molecule has 0 aromatic rings. The van der Waals surface area contributed by atoms with E-state index in [4.69, 9.17) is 10.7 Å². The first kappa shape index (κ1) is 19.8. The number of nitrogens with two attached hydrogens (primary N) is 1. The van der Waals surface area contributed by atoms with Gasteiger partial charge in [0.2, 0.25) is 5.91 Å². The molecule has 0 bridgehead atoms. The van der Waals surface area contributed by atoms with Crippen LogP contribution in [-0.4, -0.2) is 34.6 Å². The van der Waals surface area contributed by atoms with Crippen LogP contribution < -0.4 is 5.73 Å². The predicted molar refractivity (Wildman–Crippen MR) is 113 cm³/mol. The van der Waals surface area contributed by atoms with Gasteiger partial charge in [-0.1, -0.05) is 30.7 Å². The summed E-state index contributed by atoms with van der Waals surface area (Å²) in [6, 6.07) is 4.78. The zero-order valence-electron chi connectivity index (χ0n) is 17.0. The summed E-state index contributed by atoms with van der Waals surface area (Å²) < 4.78 is 0. The lowest BCUT2D eigenvalue weighted by molar-refractivity contribution is -0.131. The lowest BCUT2D eigenvalue weighted by Gasteiger charge is -2.44. The molecular weight excluding hydrogens is 382 g/mol. The zero-order chi connectivity index (χ0) is 21.0. The molecule has 2 heterocycles. The summed E-state index contributed by atoms with van der Waals surface area (Å²) in [6.07, 6.45) is 9.41. The normalized spacial score (nSPS) is 35.7. The van der Waals surface area contributed by atoms with Crippen LogP contribution in [0.5, 0.6) is 0 Å². The van der Waals surface area contributed by atoms with Gasteiger partial charge in [0.15, 0.2) is 5.96 Å². The molecule has 7 heteroatoms. The molecule has 0 spiro atoms. The predicted octanol–water partition coefficient (Wildman–Crippen LogP) is 3.26. The van der Waals surface area contributed by atoms with E-state index in [-0.39, 0.29) is 28.4 Å². The molecule has 0 aromatic heterocycles. The second kappa shape index (κ2) is 6.78.